The van der Waals surface area contributed by atoms with Gasteiger partial charge in [-0.1, -0.05) is 6.92 Å². The molecule has 0 aliphatic carbocycles. The van der Waals surface area contributed by atoms with Gasteiger partial charge >= 0.3 is 0 Å². The lowest BCUT2D eigenvalue weighted by Gasteiger charge is -2.27. The van der Waals surface area contributed by atoms with Gasteiger partial charge in [-0.3, -0.25) is 9.48 Å². The van der Waals surface area contributed by atoms with E-state index in [1.165, 1.54) is 0 Å². The molecule has 1 saturated heterocycles. The van der Waals surface area contributed by atoms with Crippen molar-refractivity contribution in [1.29, 1.82) is 0 Å². The van der Waals surface area contributed by atoms with Crippen LogP contribution in [0.25, 0.3) is 0 Å². The highest BCUT2D eigenvalue weighted by Gasteiger charge is 2.21. The molecule has 2 rings (SSSR count). The number of hydrogen-bond acceptors (Lipinski definition) is 4. The summed E-state index contributed by atoms with van der Waals surface area (Å²) in [5.74, 6) is 0.980. The van der Waals surface area contributed by atoms with Crippen molar-refractivity contribution >= 4 is 11.6 Å². The van der Waals surface area contributed by atoms with E-state index in [1.807, 2.05) is 24.7 Å². The average Bonchev–Trinajstić information content (AvgIpc) is 2.83. The predicted octanol–water partition coefficient (Wildman–Crippen LogP) is 1.33. The molecule has 1 fully saturated rings. The number of Topliss-reactive ketones (excluding diaryl/α,β-unsaturated/α-hetero) is 1. The van der Waals surface area contributed by atoms with Crippen molar-refractivity contribution in [1.82, 2.24) is 9.78 Å². The number of nitrogens with zero attached hydrogens (tertiary/aromatic N) is 3. The van der Waals surface area contributed by atoms with Crippen LogP contribution in [0.2, 0.25) is 0 Å². The number of aryl methyl sites for hydroxylation is 1. The predicted molar refractivity (Wildman–Crippen MR) is 65.6 cm³/mol. The van der Waals surface area contributed by atoms with E-state index in [2.05, 4.69) is 10.00 Å². The maximum Gasteiger partial charge on any atom is 0.167 e. The Morgan fingerprint density at radius 3 is 2.71 bits per heavy atom. The van der Waals surface area contributed by atoms with E-state index in [0.29, 0.717) is 19.6 Å². The first-order valence-electron chi connectivity index (χ1n) is 6.19. The summed E-state index contributed by atoms with van der Waals surface area (Å²) >= 11 is 0. The summed E-state index contributed by atoms with van der Waals surface area (Å²) in [5.41, 5.74) is 0.747. The third-order valence-electron chi connectivity index (χ3n) is 3.00. The Labute approximate surface area is 101 Å². The van der Waals surface area contributed by atoms with Crippen LogP contribution in [-0.4, -0.2) is 41.9 Å². The molecular formula is C12H19N3O2. The zero-order chi connectivity index (χ0) is 12.3. The number of aromatic nitrogens is 2. The van der Waals surface area contributed by atoms with E-state index in [4.69, 9.17) is 4.74 Å². The molecule has 0 saturated carbocycles. The summed E-state index contributed by atoms with van der Waals surface area (Å²) in [7, 11) is 0. The second kappa shape index (κ2) is 5.31. The smallest absolute Gasteiger partial charge is 0.167 e. The van der Waals surface area contributed by atoms with Crippen LogP contribution in [-0.2, 0) is 11.3 Å². The largest absolute Gasteiger partial charge is 0.378 e. The lowest BCUT2D eigenvalue weighted by atomic mass is 10.1. The Kier molecular flexibility index (Phi) is 3.78. The third-order valence-corrected chi connectivity index (χ3v) is 3.00. The molecule has 0 spiro atoms. The third kappa shape index (κ3) is 2.49. The highest BCUT2D eigenvalue weighted by molar-refractivity contribution is 6.00. The van der Waals surface area contributed by atoms with Crippen LogP contribution >= 0.6 is 0 Å². The van der Waals surface area contributed by atoms with Gasteiger partial charge in [0, 0.05) is 32.3 Å². The van der Waals surface area contributed by atoms with Gasteiger partial charge in [-0.25, -0.2) is 0 Å². The van der Waals surface area contributed by atoms with Crippen LogP contribution in [0, 0.1) is 0 Å². The Morgan fingerprint density at radius 1 is 1.41 bits per heavy atom. The molecular weight excluding hydrogens is 218 g/mol. The molecule has 5 nitrogen and oxygen atoms in total. The lowest BCUT2D eigenvalue weighted by molar-refractivity contribution is 0.0986. The maximum absolute atomic E-state index is 11.9. The molecule has 1 aliphatic rings. The fraction of sp³-hybridized carbons (Fsp3) is 0.667. The molecule has 1 aliphatic heterocycles. The molecule has 5 heteroatoms. The molecule has 0 unspecified atom stereocenters. The number of carbonyl (C=O) groups excluding carboxylic acids is 1. The number of rotatable bonds is 4. The minimum Gasteiger partial charge on any atom is -0.378 e. The van der Waals surface area contributed by atoms with E-state index in [-0.39, 0.29) is 5.78 Å². The van der Waals surface area contributed by atoms with Gasteiger partial charge in [0.25, 0.3) is 0 Å². The van der Waals surface area contributed by atoms with Gasteiger partial charge in [0.1, 0.15) is 0 Å². The normalized spacial score (nSPS) is 16.2. The number of carbonyl (C=O) groups is 1. The monoisotopic (exact) mass is 237 g/mol. The zero-order valence-electron chi connectivity index (χ0n) is 10.5. The van der Waals surface area contributed by atoms with Crippen LogP contribution in [0.5, 0.6) is 0 Å². The number of anilines is 1. The van der Waals surface area contributed by atoms with Crippen molar-refractivity contribution in [2.45, 2.75) is 26.8 Å². The van der Waals surface area contributed by atoms with Crippen molar-refractivity contribution in [2.75, 3.05) is 31.2 Å². The van der Waals surface area contributed by atoms with Crippen LogP contribution < -0.4 is 4.90 Å². The van der Waals surface area contributed by atoms with Crippen LogP contribution in [0.3, 0.4) is 0 Å². The number of hydrogen-bond donors (Lipinski definition) is 0. The Bertz CT molecular complexity index is 394. The Balaban J connectivity index is 2.29. The summed E-state index contributed by atoms with van der Waals surface area (Å²) in [4.78, 5) is 14.0. The molecule has 1 aromatic rings. The van der Waals surface area contributed by atoms with E-state index >= 15 is 0 Å². The van der Waals surface area contributed by atoms with E-state index in [0.717, 1.165) is 31.0 Å². The minimum absolute atomic E-state index is 0.159. The second-order valence-electron chi connectivity index (χ2n) is 4.10. The number of morpholine rings is 1. The summed E-state index contributed by atoms with van der Waals surface area (Å²) in [5, 5.41) is 4.49. The lowest BCUT2D eigenvalue weighted by Crippen LogP contribution is -2.37. The van der Waals surface area contributed by atoms with Crippen molar-refractivity contribution < 1.29 is 9.53 Å². The molecule has 94 valence electrons. The molecule has 0 bridgehead atoms. The van der Waals surface area contributed by atoms with Gasteiger partial charge in [-0.05, 0) is 6.92 Å². The molecule has 0 amide bonds. The molecule has 0 atom stereocenters. The quantitative estimate of drug-likeness (QED) is 0.741. The summed E-state index contributed by atoms with van der Waals surface area (Å²) in [6, 6.07) is 0. The molecule has 2 heterocycles. The Morgan fingerprint density at radius 2 is 2.12 bits per heavy atom. The number of ether oxygens (including phenoxy) is 1. The Hall–Kier alpha value is -1.36. The van der Waals surface area contributed by atoms with E-state index in [9.17, 15) is 4.79 Å². The summed E-state index contributed by atoms with van der Waals surface area (Å²) < 4.78 is 7.15. The van der Waals surface area contributed by atoms with Gasteiger partial charge in [0.15, 0.2) is 11.6 Å². The van der Waals surface area contributed by atoms with Gasteiger partial charge < -0.3 is 9.64 Å². The van der Waals surface area contributed by atoms with Crippen molar-refractivity contribution in [2.24, 2.45) is 0 Å². The van der Waals surface area contributed by atoms with Crippen LogP contribution in [0.1, 0.15) is 30.6 Å². The van der Waals surface area contributed by atoms with Gasteiger partial charge in [0.2, 0.25) is 0 Å². The molecule has 17 heavy (non-hydrogen) atoms. The second-order valence-corrected chi connectivity index (χ2v) is 4.10. The topological polar surface area (TPSA) is 47.4 Å². The first-order chi connectivity index (χ1) is 8.26. The van der Waals surface area contributed by atoms with E-state index < -0.39 is 0 Å². The molecule has 0 aromatic carbocycles. The van der Waals surface area contributed by atoms with E-state index in [1.54, 1.807) is 0 Å². The summed E-state index contributed by atoms with van der Waals surface area (Å²) in [6.45, 7) is 7.73. The highest BCUT2D eigenvalue weighted by atomic mass is 16.5. The highest BCUT2D eigenvalue weighted by Crippen LogP contribution is 2.21. The fourth-order valence-electron chi connectivity index (χ4n) is 1.97. The SMILES string of the molecule is CCC(=O)c1cn(CC)nc1N1CCOCC1. The first-order valence-corrected chi connectivity index (χ1v) is 6.19. The van der Waals surface area contributed by atoms with Gasteiger partial charge in [-0.2, -0.15) is 5.10 Å². The average molecular weight is 237 g/mol. The maximum atomic E-state index is 11.9. The van der Waals surface area contributed by atoms with Crippen LogP contribution in [0.4, 0.5) is 5.82 Å². The molecule has 0 N–H and O–H groups in total. The van der Waals surface area contributed by atoms with Gasteiger partial charge in [0.05, 0.1) is 18.8 Å². The van der Waals surface area contributed by atoms with Crippen molar-refractivity contribution in [3.05, 3.63) is 11.8 Å². The minimum atomic E-state index is 0.159. The van der Waals surface area contributed by atoms with Crippen molar-refractivity contribution in [3.63, 3.8) is 0 Å². The van der Waals surface area contributed by atoms with Crippen LogP contribution in [0.15, 0.2) is 6.20 Å². The molecule has 0 radical (unpaired) electrons. The zero-order valence-corrected chi connectivity index (χ0v) is 10.5. The fourth-order valence-corrected chi connectivity index (χ4v) is 1.97. The molecule has 1 aromatic heterocycles. The summed E-state index contributed by atoms with van der Waals surface area (Å²) in [6.07, 6.45) is 2.38. The first kappa shape index (κ1) is 12.1. The van der Waals surface area contributed by atoms with Gasteiger partial charge in [-0.15, -0.1) is 0 Å². The van der Waals surface area contributed by atoms with Crippen molar-refractivity contribution in [3.8, 4) is 0 Å². The number of ketones is 1. The standard InChI is InChI=1S/C12H19N3O2/c1-3-11(16)10-9-15(4-2)13-12(10)14-5-7-17-8-6-14/h9H,3-8H2,1-2H3.